The van der Waals surface area contributed by atoms with Crippen LogP contribution in [0, 0.1) is 17.8 Å². The number of aliphatic hydroxyl groups excluding tert-OH is 4. The van der Waals surface area contributed by atoms with E-state index in [1.54, 1.807) is 6.08 Å². The van der Waals surface area contributed by atoms with Crippen LogP contribution in [0.25, 0.3) is 0 Å². The molecule has 1 aliphatic rings. The first-order chi connectivity index (χ1) is 10.9. The van der Waals surface area contributed by atoms with Crippen LogP contribution in [0.15, 0.2) is 48.6 Å². The van der Waals surface area contributed by atoms with Crippen molar-refractivity contribution in [2.24, 2.45) is 17.8 Å². The molecule has 0 aromatic heterocycles. The van der Waals surface area contributed by atoms with Crippen molar-refractivity contribution in [3.63, 3.8) is 0 Å². The molecular formula is C19H30O4. The van der Waals surface area contributed by atoms with E-state index in [1.807, 2.05) is 30.4 Å². The summed E-state index contributed by atoms with van der Waals surface area (Å²) in [4.78, 5) is 0. The zero-order valence-electron chi connectivity index (χ0n) is 14.2. The Bertz CT molecular complexity index is 450. The highest BCUT2D eigenvalue weighted by Gasteiger charge is 2.39. The number of hydrogen-bond donors (Lipinski definition) is 4. The van der Waals surface area contributed by atoms with Crippen LogP contribution < -0.4 is 0 Å². The number of allylic oxidation sites excluding steroid dienone is 7. The molecular weight excluding hydrogens is 292 g/mol. The topological polar surface area (TPSA) is 80.9 Å². The van der Waals surface area contributed by atoms with Crippen LogP contribution in [0.1, 0.15) is 27.2 Å². The third kappa shape index (κ3) is 6.07. The van der Waals surface area contributed by atoms with Gasteiger partial charge in [0.1, 0.15) is 0 Å². The molecule has 0 fully saturated rings. The standard InChI is InChI=1S/C19H30O4/c1-4-13(2)9-7-5-6-8-10-15-11-12-16(21)19(23)17(15)18(22)14(3)20/h5-23H,4H2,1-3H3/b6-5+,9-7+,10-8+/t13?,14?,15-,16-,17-,18?,19+/m0/s1. The molecule has 0 spiro atoms. The maximum Gasteiger partial charge on any atom is 0.0984 e. The summed E-state index contributed by atoms with van der Waals surface area (Å²) in [6.07, 6.45) is 11.8. The van der Waals surface area contributed by atoms with Gasteiger partial charge in [0.25, 0.3) is 0 Å². The first kappa shape index (κ1) is 19.8. The first-order valence-corrected chi connectivity index (χ1v) is 8.30. The lowest BCUT2D eigenvalue weighted by Crippen LogP contribution is -2.48. The first-order valence-electron chi connectivity index (χ1n) is 8.30. The summed E-state index contributed by atoms with van der Waals surface area (Å²) in [7, 11) is 0. The Labute approximate surface area is 139 Å². The van der Waals surface area contributed by atoms with Crippen molar-refractivity contribution in [2.45, 2.75) is 51.6 Å². The van der Waals surface area contributed by atoms with Gasteiger partial charge in [-0.1, -0.05) is 68.9 Å². The van der Waals surface area contributed by atoms with Crippen LogP contribution in [0.5, 0.6) is 0 Å². The Kier molecular flexibility index (Phi) is 8.48. The van der Waals surface area contributed by atoms with E-state index in [-0.39, 0.29) is 5.92 Å². The summed E-state index contributed by atoms with van der Waals surface area (Å²) in [6.45, 7) is 5.77. The molecule has 23 heavy (non-hydrogen) atoms. The summed E-state index contributed by atoms with van der Waals surface area (Å²) in [5, 5.41) is 39.6. The van der Waals surface area contributed by atoms with Crippen LogP contribution >= 0.6 is 0 Å². The molecule has 0 aromatic rings. The van der Waals surface area contributed by atoms with Gasteiger partial charge in [-0.25, -0.2) is 0 Å². The number of aliphatic hydroxyl groups is 4. The Balaban J connectivity index is 2.75. The van der Waals surface area contributed by atoms with Crippen LogP contribution in [0.4, 0.5) is 0 Å². The maximum atomic E-state index is 10.1. The third-order valence-corrected chi connectivity index (χ3v) is 4.36. The Morgan fingerprint density at radius 2 is 1.65 bits per heavy atom. The second-order valence-corrected chi connectivity index (χ2v) is 6.29. The van der Waals surface area contributed by atoms with Gasteiger partial charge in [-0.2, -0.15) is 0 Å². The van der Waals surface area contributed by atoms with E-state index in [0.717, 1.165) is 6.42 Å². The zero-order valence-corrected chi connectivity index (χ0v) is 14.2. The number of rotatable bonds is 7. The molecule has 0 amide bonds. The summed E-state index contributed by atoms with van der Waals surface area (Å²) in [6, 6.07) is 0. The fourth-order valence-corrected chi connectivity index (χ4v) is 2.59. The average Bonchev–Trinajstić information content (AvgIpc) is 2.53. The fourth-order valence-electron chi connectivity index (χ4n) is 2.59. The van der Waals surface area contributed by atoms with Crippen molar-refractivity contribution in [2.75, 3.05) is 0 Å². The highest BCUT2D eigenvalue weighted by molar-refractivity contribution is 5.18. The predicted molar refractivity (Wildman–Crippen MR) is 92.7 cm³/mol. The molecule has 4 N–H and O–H groups in total. The lowest BCUT2D eigenvalue weighted by Gasteiger charge is -2.37. The highest BCUT2D eigenvalue weighted by atomic mass is 16.3. The molecule has 130 valence electrons. The van der Waals surface area contributed by atoms with Crippen molar-refractivity contribution in [3.8, 4) is 0 Å². The third-order valence-electron chi connectivity index (χ3n) is 4.36. The van der Waals surface area contributed by atoms with E-state index in [4.69, 9.17) is 0 Å². The molecule has 7 atom stereocenters. The smallest absolute Gasteiger partial charge is 0.0984 e. The lowest BCUT2D eigenvalue weighted by molar-refractivity contribution is -0.0917. The Morgan fingerprint density at radius 1 is 1.00 bits per heavy atom. The minimum absolute atomic E-state index is 0.249. The van der Waals surface area contributed by atoms with E-state index in [1.165, 1.54) is 13.0 Å². The van der Waals surface area contributed by atoms with Gasteiger partial charge in [-0.15, -0.1) is 0 Å². The van der Waals surface area contributed by atoms with Crippen molar-refractivity contribution >= 4 is 0 Å². The summed E-state index contributed by atoms with van der Waals surface area (Å²) in [5.41, 5.74) is 0. The van der Waals surface area contributed by atoms with Crippen molar-refractivity contribution in [1.82, 2.24) is 0 Å². The minimum atomic E-state index is -1.10. The largest absolute Gasteiger partial charge is 0.391 e. The molecule has 1 rings (SSSR count). The molecule has 4 nitrogen and oxygen atoms in total. The van der Waals surface area contributed by atoms with E-state index in [0.29, 0.717) is 5.92 Å². The summed E-state index contributed by atoms with van der Waals surface area (Å²) in [5.74, 6) is -0.344. The molecule has 1 aliphatic carbocycles. The second kappa shape index (κ2) is 9.83. The molecule has 0 bridgehead atoms. The normalized spacial score (nSPS) is 32.8. The molecule has 0 aliphatic heterocycles. The maximum absolute atomic E-state index is 10.1. The van der Waals surface area contributed by atoms with Crippen LogP contribution in [0.3, 0.4) is 0 Å². The zero-order chi connectivity index (χ0) is 17.4. The molecule has 0 heterocycles. The van der Waals surface area contributed by atoms with Crippen molar-refractivity contribution < 1.29 is 20.4 Å². The van der Waals surface area contributed by atoms with E-state index in [9.17, 15) is 20.4 Å². The van der Waals surface area contributed by atoms with Gasteiger partial charge in [0.2, 0.25) is 0 Å². The van der Waals surface area contributed by atoms with Gasteiger partial charge < -0.3 is 20.4 Å². The van der Waals surface area contributed by atoms with Gasteiger partial charge in [-0.3, -0.25) is 0 Å². The summed E-state index contributed by atoms with van der Waals surface area (Å²) >= 11 is 0. The minimum Gasteiger partial charge on any atom is -0.391 e. The average molecular weight is 322 g/mol. The number of hydrogen-bond acceptors (Lipinski definition) is 4. The quantitative estimate of drug-likeness (QED) is 0.427. The highest BCUT2D eigenvalue weighted by Crippen LogP contribution is 2.31. The fraction of sp³-hybridized carbons (Fsp3) is 0.579. The second-order valence-electron chi connectivity index (χ2n) is 6.29. The van der Waals surface area contributed by atoms with Gasteiger partial charge >= 0.3 is 0 Å². The van der Waals surface area contributed by atoms with Gasteiger partial charge in [0.05, 0.1) is 24.4 Å². The van der Waals surface area contributed by atoms with Crippen molar-refractivity contribution in [3.05, 3.63) is 48.6 Å². The molecule has 3 unspecified atom stereocenters. The van der Waals surface area contributed by atoms with E-state index >= 15 is 0 Å². The van der Waals surface area contributed by atoms with E-state index < -0.39 is 30.3 Å². The van der Waals surface area contributed by atoms with Crippen molar-refractivity contribution in [1.29, 1.82) is 0 Å². The molecule has 0 radical (unpaired) electrons. The van der Waals surface area contributed by atoms with Gasteiger partial charge in [0.15, 0.2) is 0 Å². The van der Waals surface area contributed by atoms with Crippen LogP contribution in [0.2, 0.25) is 0 Å². The van der Waals surface area contributed by atoms with Crippen LogP contribution in [-0.2, 0) is 0 Å². The monoisotopic (exact) mass is 322 g/mol. The molecule has 4 heteroatoms. The predicted octanol–water partition coefficient (Wildman–Crippen LogP) is 1.97. The molecule has 0 saturated carbocycles. The Hall–Kier alpha value is -1.20. The Morgan fingerprint density at radius 3 is 2.26 bits per heavy atom. The van der Waals surface area contributed by atoms with Gasteiger partial charge in [0, 0.05) is 11.8 Å². The van der Waals surface area contributed by atoms with Crippen LogP contribution in [-0.4, -0.2) is 44.8 Å². The van der Waals surface area contributed by atoms with Gasteiger partial charge in [-0.05, 0) is 12.8 Å². The summed E-state index contributed by atoms with van der Waals surface area (Å²) < 4.78 is 0. The lowest BCUT2D eigenvalue weighted by atomic mass is 9.75. The molecule has 0 aromatic carbocycles. The van der Waals surface area contributed by atoms with E-state index in [2.05, 4.69) is 19.9 Å². The SMILES string of the molecule is CCC(C)/C=C/C=C/C=C/[C@H]1C=C[C@H](O)[C@@H](O)[C@@H]1C(O)C(C)O. The molecule has 0 saturated heterocycles.